The Kier molecular flexibility index (Phi) is 8.61. The summed E-state index contributed by atoms with van der Waals surface area (Å²) in [5.74, 6) is 3.92. The molecule has 0 aromatic carbocycles. The van der Waals surface area contributed by atoms with E-state index in [1.54, 1.807) is 0 Å². The molecule has 4 saturated carbocycles. The molecular formula is C32H64O2Si3. The van der Waals surface area contributed by atoms with Crippen LogP contribution in [-0.4, -0.2) is 36.9 Å². The second-order valence-electron chi connectivity index (χ2n) is 17.7. The predicted octanol–water partition coefficient (Wildman–Crippen LogP) is 10.6. The molecule has 4 fully saturated rings. The van der Waals surface area contributed by atoms with Gasteiger partial charge < -0.3 is 8.85 Å². The van der Waals surface area contributed by atoms with E-state index in [0.29, 0.717) is 22.3 Å². The van der Waals surface area contributed by atoms with Gasteiger partial charge in [-0.3, -0.25) is 0 Å². The van der Waals surface area contributed by atoms with Gasteiger partial charge in [0.15, 0.2) is 16.6 Å². The van der Waals surface area contributed by atoms with Crippen molar-refractivity contribution in [2.45, 2.75) is 178 Å². The predicted molar refractivity (Wildman–Crippen MR) is 169 cm³/mol. The molecular weight excluding hydrogens is 501 g/mol. The van der Waals surface area contributed by atoms with Crippen molar-refractivity contribution < 1.29 is 8.85 Å². The van der Waals surface area contributed by atoms with E-state index in [0.717, 1.165) is 34.8 Å². The molecule has 0 spiro atoms. The van der Waals surface area contributed by atoms with Gasteiger partial charge in [0.05, 0.1) is 8.07 Å². The zero-order valence-electron chi connectivity index (χ0n) is 27.0. The van der Waals surface area contributed by atoms with Gasteiger partial charge in [0, 0.05) is 12.2 Å². The normalized spacial score (nSPS) is 37.9. The minimum atomic E-state index is -1.66. The third-order valence-electron chi connectivity index (χ3n) is 13.2. The molecule has 4 rings (SSSR count). The molecule has 4 aliphatic carbocycles. The molecule has 0 amide bonds. The van der Waals surface area contributed by atoms with Crippen LogP contribution in [0.5, 0.6) is 0 Å². The summed E-state index contributed by atoms with van der Waals surface area (Å²) in [7, 11) is -4.64. The van der Waals surface area contributed by atoms with Crippen LogP contribution in [0.25, 0.3) is 0 Å². The lowest BCUT2D eigenvalue weighted by molar-refractivity contribution is 0.0855. The van der Waals surface area contributed by atoms with Crippen LogP contribution in [0.15, 0.2) is 0 Å². The van der Waals surface area contributed by atoms with Crippen LogP contribution in [0.3, 0.4) is 0 Å². The van der Waals surface area contributed by atoms with Crippen LogP contribution in [0, 0.1) is 23.7 Å². The molecule has 216 valence electrons. The number of rotatable bonds is 6. The minimum absolute atomic E-state index is 0.324. The highest BCUT2D eigenvalue weighted by Gasteiger charge is 2.55. The van der Waals surface area contributed by atoms with Gasteiger partial charge in [0.1, 0.15) is 0 Å². The molecule has 8 atom stereocenters. The van der Waals surface area contributed by atoms with Crippen LogP contribution in [0.2, 0.25) is 60.4 Å². The Balaban J connectivity index is 1.36. The molecule has 0 aromatic heterocycles. The van der Waals surface area contributed by atoms with Crippen molar-refractivity contribution in [3.8, 4) is 0 Å². The largest absolute Gasteiger partial charge is 0.414 e. The van der Waals surface area contributed by atoms with Crippen molar-refractivity contribution in [3.63, 3.8) is 0 Å². The summed E-state index contributed by atoms with van der Waals surface area (Å²) in [4.78, 5) is 0. The molecule has 0 N–H and O–H groups in total. The number of hydrogen-bond acceptors (Lipinski definition) is 2. The Morgan fingerprint density at radius 1 is 0.486 bits per heavy atom. The SMILES string of the molecule is CC(C)(C)[Si](C)(C)OC1CCC2C(CCC2[Si](C)(C)C2CCC3CC(O[Si](C)(C)C(C)(C)C)CCC32)C1. The fraction of sp³-hybridized carbons (Fsp3) is 1.00. The molecule has 37 heavy (non-hydrogen) atoms. The lowest BCUT2D eigenvalue weighted by atomic mass is 9.80. The van der Waals surface area contributed by atoms with E-state index in [1.165, 1.54) is 64.2 Å². The average Bonchev–Trinajstić information content (AvgIpc) is 3.35. The molecule has 5 heteroatoms. The first-order valence-electron chi connectivity index (χ1n) is 16.2. The second-order valence-corrected chi connectivity index (χ2v) is 32.3. The van der Waals surface area contributed by atoms with Gasteiger partial charge in [-0.05, 0) is 110 Å². The van der Waals surface area contributed by atoms with Crippen molar-refractivity contribution in [3.05, 3.63) is 0 Å². The molecule has 8 unspecified atom stereocenters. The van der Waals surface area contributed by atoms with Crippen LogP contribution in [0.1, 0.15) is 106 Å². The van der Waals surface area contributed by atoms with E-state index in [4.69, 9.17) is 8.85 Å². The fourth-order valence-corrected chi connectivity index (χ4v) is 17.2. The van der Waals surface area contributed by atoms with E-state index in [2.05, 4.69) is 80.8 Å². The highest BCUT2D eigenvalue weighted by atomic mass is 28.4. The quantitative estimate of drug-likeness (QED) is 0.299. The van der Waals surface area contributed by atoms with Crippen molar-refractivity contribution in [2.24, 2.45) is 23.7 Å². The Bertz CT molecular complexity index is 729. The van der Waals surface area contributed by atoms with Gasteiger partial charge in [-0.2, -0.15) is 0 Å². The van der Waals surface area contributed by atoms with Gasteiger partial charge in [0.2, 0.25) is 0 Å². The number of hydrogen-bond donors (Lipinski definition) is 0. The van der Waals surface area contributed by atoms with Crippen molar-refractivity contribution >= 4 is 24.7 Å². The maximum atomic E-state index is 6.95. The Morgan fingerprint density at radius 3 is 1.16 bits per heavy atom. The van der Waals surface area contributed by atoms with Crippen molar-refractivity contribution in [2.75, 3.05) is 0 Å². The molecule has 0 heterocycles. The Hall–Kier alpha value is 0.571. The summed E-state index contributed by atoms with van der Waals surface area (Å²) in [6.45, 7) is 29.9. The first-order valence-corrected chi connectivity index (χ1v) is 25.2. The van der Waals surface area contributed by atoms with Crippen LogP contribution in [-0.2, 0) is 8.85 Å². The average molecular weight is 565 g/mol. The van der Waals surface area contributed by atoms with E-state index in [-0.39, 0.29) is 0 Å². The zero-order valence-corrected chi connectivity index (χ0v) is 30.0. The third kappa shape index (κ3) is 6.11. The van der Waals surface area contributed by atoms with Gasteiger partial charge in [-0.25, -0.2) is 0 Å². The summed E-state index contributed by atoms with van der Waals surface area (Å²) in [6, 6.07) is 0. The van der Waals surface area contributed by atoms with Crippen LogP contribution in [0.4, 0.5) is 0 Å². The van der Waals surface area contributed by atoms with Gasteiger partial charge >= 0.3 is 0 Å². The van der Waals surface area contributed by atoms with Gasteiger partial charge in [-0.1, -0.05) is 80.3 Å². The first kappa shape index (κ1) is 30.5. The Labute approximate surface area is 235 Å². The summed E-state index contributed by atoms with van der Waals surface area (Å²) < 4.78 is 13.9. The smallest absolute Gasteiger partial charge is 0.192 e. The van der Waals surface area contributed by atoms with E-state index in [9.17, 15) is 0 Å². The first-order chi connectivity index (χ1) is 16.8. The summed E-state index contributed by atoms with van der Waals surface area (Å²) in [5.41, 5.74) is 2.13. The molecule has 0 aromatic rings. The lowest BCUT2D eigenvalue weighted by Crippen LogP contribution is -2.48. The molecule has 2 nitrogen and oxygen atoms in total. The van der Waals surface area contributed by atoms with E-state index in [1.807, 2.05) is 0 Å². The summed E-state index contributed by atoms with van der Waals surface area (Å²) in [6.07, 6.45) is 15.4. The zero-order chi connectivity index (χ0) is 27.6. The Morgan fingerprint density at radius 2 is 0.838 bits per heavy atom. The lowest BCUT2D eigenvalue weighted by Gasteiger charge is -2.48. The third-order valence-corrected chi connectivity index (χ3v) is 27.5. The minimum Gasteiger partial charge on any atom is -0.414 e. The van der Waals surface area contributed by atoms with Crippen molar-refractivity contribution in [1.82, 2.24) is 0 Å². The van der Waals surface area contributed by atoms with Gasteiger partial charge in [-0.15, -0.1) is 0 Å². The van der Waals surface area contributed by atoms with Crippen molar-refractivity contribution in [1.29, 1.82) is 0 Å². The molecule has 0 radical (unpaired) electrons. The fourth-order valence-electron chi connectivity index (χ4n) is 8.95. The maximum Gasteiger partial charge on any atom is 0.192 e. The van der Waals surface area contributed by atoms with Crippen LogP contribution < -0.4 is 0 Å². The van der Waals surface area contributed by atoms with E-state index >= 15 is 0 Å². The van der Waals surface area contributed by atoms with E-state index < -0.39 is 24.7 Å². The highest BCUT2D eigenvalue weighted by molar-refractivity contribution is 6.80. The molecule has 0 aliphatic heterocycles. The molecule has 4 aliphatic rings. The summed E-state index contributed by atoms with van der Waals surface area (Å²) in [5, 5.41) is 0.648. The highest BCUT2D eigenvalue weighted by Crippen LogP contribution is 2.62. The second kappa shape index (κ2) is 10.4. The monoisotopic (exact) mass is 564 g/mol. The van der Waals surface area contributed by atoms with Crippen LogP contribution >= 0.6 is 0 Å². The topological polar surface area (TPSA) is 18.5 Å². The molecule has 0 bridgehead atoms. The molecule has 0 saturated heterocycles. The summed E-state index contributed by atoms with van der Waals surface area (Å²) >= 11 is 0. The maximum absolute atomic E-state index is 6.95. The standard InChI is InChI=1S/C32H64O2Si3/c1-31(2,3)36(9,10)33-25-15-17-27-23(21-25)13-19-29(27)35(7,8)30-20-14-24-22-26(16-18-28(24)30)34-37(11,12)32(4,5)6/h23-30H,13-22H2,1-12H3. The van der Waals surface area contributed by atoms with Gasteiger partial charge in [0.25, 0.3) is 0 Å². The number of fused-ring (bicyclic) bond motifs is 2.